The molecule has 1 unspecified atom stereocenters. The predicted molar refractivity (Wildman–Crippen MR) is 221 cm³/mol. The third kappa shape index (κ3) is 10.6. The number of unbranched alkanes of at least 4 members (excludes halogenated alkanes) is 2. The maximum atomic E-state index is 12.6. The summed E-state index contributed by atoms with van der Waals surface area (Å²) in [7, 11) is -8.98. The van der Waals surface area contributed by atoms with Crippen LogP contribution in [0.3, 0.4) is 0 Å². The van der Waals surface area contributed by atoms with Crippen molar-refractivity contribution in [2.24, 2.45) is 0 Å². The summed E-state index contributed by atoms with van der Waals surface area (Å²) in [5, 5.41) is 14.9. The highest BCUT2D eigenvalue weighted by atomic mass is 32.2. The highest BCUT2D eigenvalue weighted by Gasteiger charge is 2.46. The molecule has 58 heavy (non-hydrogen) atoms. The van der Waals surface area contributed by atoms with Crippen molar-refractivity contribution in [2.75, 3.05) is 31.1 Å². The summed E-state index contributed by atoms with van der Waals surface area (Å²) in [5.74, 6) is -1.04. The van der Waals surface area contributed by atoms with E-state index in [1.807, 2.05) is 32.1 Å². The lowest BCUT2D eigenvalue weighted by atomic mass is 9.77. The first-order chi connectivity index (χ1) is 27.3. The van der Waals surface area contributed by atoms with Crippen molar-refractivity contribution >= 4 is 55.1 Å². The first-order valence-corrected chi connectivity index (χ1v) is 23.0. The molecule has 0 radical (unpaired) electrons. The van der Waals surface area contributed by atoms with Crippen molar-refractivity contribution in [2.45, 2.75) is 125 Å². The molecule has 0 saturated carbocycles. The van der Waals surface area contributed by atoms with Crippen LogP contribution in [0.1, 0.15) is 115 Å². The van der Waals surface area contributed by atoms with E-state index >= 15 is 0 Å². The SMILES string of the molecule is CC1(C)C2=[N+](CCCCCC(=O)NCCNC(=O)CCCCCC3(C)/C(=C/C=C/2)N(CCCCCC(=O)O)c2ccc(S(=O)(=O)O)cc23)c2ccc(S(=O)(=O)O)cc21. The Morgan fingerprint density at radius 1 is 0.793 bits per heavy atom. The number of anilines is 1. The van der Waals surface area contributed by atoms with Crippen molar-refractivity contribution in [1.29, 1.82) is 0 Å². The number of carboxylic acid groups (broad SMARTS) is 1. The number of rotatable bonds is 8. The highest BCUT2D eigenvalue weighted by Crippen LogP contribution is 2.51. The van der Waals surface area contributed by atoms with Gasteiger partial charge in [-0.3, -0.25) is 23.5 Å². The molecular formula is C42H57N4O10S2+. The van der Waals surface area contributed by atoms with E-state index in [-0.39, 0.29) is 28.0 Å². The van der Waals surface area contributed by atoms with Crippen molar-refractivity contribution in [3.05, 3.63) is 71.5 Å². The van der Waals surface area contributed by atoms with Gasteiger partial charge in [-0.25, -0.2) is 0 Å². The number of carboxylic acids is 1. The average Bonchev–Trinajstić information content (AvgIpc) is 3.50. The molecule has 316 valence electrons. The third-order valence-corrected chi connectivity index (χ3v) is 13.3. The van der Waals surface area contributed by atoms with Crippen LogP contribution in [0, 0.1) is 0 Å². The summed E-state index contributed by atoms with van der Waals surface area (Å²) in [4.78, 5) is 38.0. The molecule has 2 amide bonds. The molecule has 16 heteroatoms. The fourth-order valence-corrected chi connectivity index (χ4v) is 9.47. The van der Waals surface area contributed by atoms with Crippen LogP contribution in [0.25, 0.3) is 0 Å². The monoisotopic (exact) mass is 841 g/mol. The summed E-state index contributed by atoms with van der Waals surface area (Å²) < 4.78 is 71.4. The average molecular weight is 842 g/mol. The minimum atomic E-state index is -4.52. The molecule has 14 nitrogen and oxygen atoms in total. The van der Waals surface area contributed by atoms with Crippen molar-refractivity contribution < 1.29 is 50.0 Å². The number of amides is 2. The number of fused-ring (bicyclic) bond motifs is 5. The lowest BCUT2D eigenvalue weighted by Gasteiger charge is -2.30. The lowest BCUT2D eigenvalue weighted by Crippen LogP contribution is -2.34. The molecule has 5 rings (SSSR count). The fraction of sp³-hybridized carbons (Fsp3) is 0.524. The maximum absolute atomic E-state index is 12.6. The van der Waals surface area contributed by atoms with E-state index in [1.54, 1.807) is 12.1 Å². The van der Waals surface area contributed by atoms with Gasteiger partial charge in [-0.1, -0.05) is 25.3 Å². The minimum Gasteiger partial charge on any atom is -0.481 e. The first kappa shape index (κ1) is 44.7. The Morgan fingerprint density at radius 2 is 1.40 bits per heavy atom. The van der Waals surface area contributed by atoms with Crippen molar-refractivity contribution in [3.63, 3.8) is 0 Å². The topological polar surface area (TPSA) is 210 Å². The van der Waals surface area contributed by atoms with Crippen LogP contribution in [0.4, 0.5) is 11.4 Å². The van der Waals surface area contributed by atoms with E-state index in [0.29, 0.717) is 84.0 Å². The molecule has 0 aromatic heterocycles. The van der Waals surface area contributed by atoms with Gasteiger partial charge in [0.1, 0.15) is 6.54 Å². The number of hydrogen-bond acceptors (Lipinski definition) is 8. The summed E-state index contributed by atoms with van der Waals surface area (Å²) in [6.07, 6.45) is 13.3. The third-order valence-electron chi connectivity index (χ3n) is 11.6. The molecule has 2 aromatic carbocycles. The molecule has 0 saturated heterocycles. The summed E-state index contributed by atoms with van der Waals surface area (Å²) in [6, 6.07) is 9.25. The fourth-order valence-electron chi connectivity index (χ4n) is 8.46. The quantitative estimate of drug-likeness (QED) is 0.115. The van der Waals surface area contributed by atoms with Crippen molar-refractivity contribution in [1.82, 2.24) is 10.6 Å². The van der Waals surface area contributed by atoms with Gasteiger partial charge in [-0.2, -0.15) is 21.4 Å². The zero-order chi connectivity index (χ0) is 42.3. The molecule has 0 bridgehead atoms. The zero-order valence-corrected chi connectivity index (χ0v) is 35.3. The first-order valence-electron chi connectivity index (χ1n) is 20.1. The van der Waals surface area contributed by atoms with Gasteiger partial charge in [0, 0.05) is 79.8 Å². The van der Waals surface area contributed by atoms with E-state index in [4.69, 9.17) is 0 Å². The molecule has 3 aliphatic rings. The molecule has 0 spiro atoms. The van der Waals surface area contributed by atoms with Crippen LogP contribution < -0.4 is 15.5 Å². The Bertz CT molecular complexity index is 2210. The molecule has 3 heterocycles. The molecule has 1 atom stereocenters. The molecule has 0 fully saturated rings. The van der Waals surface area contributed by atoms with Crippen LogP contribution in [-0.2, 0) is 45.4 Å². The Labute approximate surface area is 342 Å². The van der Waals surface area contributed by atoms with Crippen LogP contribution in [0.2, 0.25) is 0 Å². The van der Waals surface area contributed by atoms with E-state index in [2.05, 4.69) is 27.0 Å². The van der Waals surface area contributed by atoms with Gasteiger partial charge in [0.05, 0.1) is 15.2 Å². The standard InChI is InChI=1S/C42H56N4O10S2/c1-41(2)32-28-30(57(51,52)53)19-21-34(32)45-26-11-5-8-17-39(48)44-25-24-43-38(47)16-7-4-10-23-42(3)33-29-31(58(54,55)56)20-22-35(33)46(27-12-6-9-18-40(49)50)37(42)15-13-14-36(41)45/h13-15,19-22,28-29H,4-12,16-18,23-27H2,1-3H3,(H4-,43,44,47,48,49,50,51,52,53,54,55,56)/p+1. The minimum absolute atomic E-state index is 0.0590. The number of hydrogen-bond donors (Lipinski definition) is 5. The summed E-state index contributed by atoms with van der Waals surface area (Å²) >= 11 is 0. The van der Waals surface area contributed by atoms with Gasteiger partial charge in [-0.15, -0.1) is 0 Å². The smallest absolute Gasteiger partial charge is 0.303 e. The maximum Gasteiger partial charge on any atom is 0.303 e. The molecule has 5 N–H and O–H groups in total. The van der Waals surface area contributed by atoms with Crippen LogP contribution in [0.15, 0.2) is 70.1 Å². The molecule has 3 aliphatic heterocycles. The Balaban J connectivity index is 1.60. The second-order valence-electron chi connectivity index (χ2n) is 16.1. The molecule has 0 aliphatic carbocycles. The highest BCUT2D eigenvalue weighted by molar-refractivity contribution is 7.86. The van der Waals surface area contributed by atoms with Crippen LogP contribution >= 0.6 is 0 Å². The predicted octanol–water partition coefficient (Wildman–Crippen LogP) is 6.18. The number of carbonyl (C=O) groups excluding carboxylic acids is 2. The Kier molecular flexibility index (Phi) is 14.4. The van der Waals surface area contributed by atoms with Crippen molar-refractivity contribution in [3.8, 4) is 0 Å². The number of allylic oxidation sites excluding steroid dienone is 4. The lowest BCUT2D eigenvalue weighted by molar-refractivity contribution is -0.438. The van der Waals surface area contributed by atoms with Gasteiger partial charge in [0.2, 0.25) is 17.5 Å². The van der Waals surface area contributed by atoms with E-state index in [9.17, 15) is 45.4 Å². The van der Waals surface area contributed by atoms with Gasteiger partial charge < -0.3 is 20.6 Å². The summed E-state index contributed by atoms with van der Waals surface area (Å²) in [6.45, 7) is 7.81. The second-order valence-corrected chi connectivity index (χ2v) is 19.0. The van der Waals surface area contributed by atoms with Gasteiger partial charge in [0.25, 0.3) is 20.2 Å². The Hall–Kier alpha value is -4.38. The van der Waals surface area contributed by atoms with Crippen LogP contribution in [0.5, 0.6) is 0 Å². The number of carbonyl (C=O) groups is 3. The van der Waals surface area contributed by atoms with Gasteiger partial charge in [-0.05, 0) is 101 Å². The number of aliphatic carboxylic acids is 1. The molecular weight excluding hydrogens is 785 g/mol. The van der Waals surface area contributed by atoms with Crippen LogP contribution in [-0.4, -0.2) is 85.3 Å². The van der Waals surface area contributed by atoms with E-state index in [1.165, 1.54) is 24.3 Å². The summed E-state index contributed by atoms with van der Waals surface area (Å²) in [5.41, 5.74) is 3.47. The Morgan fingerprint density at radius 3 is 2.02 bits per heavy atom. The largest absolute Gasteiger partial charge is 0.481 e. The molecule has 2 aromatic rings. The number of nitrogens with one attached hydrogen (secondary N) is 2. The van der Waals surface area contributed by atoms with E-state index < -0.39 is 37.0 Å². The second kappa shape index (κ2) is 18.7. The van der Waals surface area contributed by atoms with Gasteiger partial charge in [0.15, 0.2) is 5.71 Å². The van der Waals surface area contributed by atoms with Gasteiger partial charge >= 0.3 is 5.97 Å². The zero-order valence-electron chi connectivity index (χ0n) is 33.6. The normalized spacial score (nSPS) is 22.7. The number of benzene rings is 2. The van der Waals surface area contributed by atoms with E-state index in [0.717, 1.165) is 53.2 Å². The number of nitrogens with zero attached hydrogens (tertiary/aromatic N) is 2.